The third-order valence-corrected chi connectivity index (χ3v) is 8.02. The number of nitrogens with one attached hydrogen (secondary N) is 2. The summed E-state index contributed by atoms with van der Waals surface area (Å²) in [6.07, 6.45) is -7.01. The molecule has 13 nitrogen and oxygen atoms in total. The van der Waals surface area contributed by atoms with Gasteiger partial charge in [-0.2, -0.15) is 11.8 Å². The third kappa shape index (κ3) is 9.74. The molecule has 1 unspecified atom stereocenters. The molecule has 0 aromatic heterocycles. The molecule has 1 aliphatic rings. The molecule has 1 saturated heterocycles. The van der Waals surface area contributed by atoms with Crippen molar-refractivity contribution in [2.45, 2.75) is 62.4 Å². The third-order valence-electron chi connectivity index (χ3n) is 6.95. The summed E-state index contributed by atoms with van der Waals surface area (Å²) in [5.74, 6) is -5.22. The monoisotopic (exact) mass is 634 g/mol. The Kier molecular flexibility index (Phi) is 13.1. The molecule has 2 amide bonds. The first-order valence-electron chi connectivity index (χ1n) is 14.0. The Balaban J connectivity index is 1.65. The molecule has 0 bridgehead atoms. The van der Waals surface area contributed by atoms with Crippen LogP contribution in [-0.2, 0) is 23.9 Å². The second-order valence-electron chi connectivity index (χ2n) is 10.3. The van der Waals surface area contributed by atoms with E-state index in [2.05, 4.69) is 10.6 Å². The number of aliphatic carboxylic acids is 2. The maximum absolute atomic E-state index is 12.7. The molecule has 1 fully saturated rings. The van der Waals surface area contributed by atoms with E-state index in [-0.39, 0.29) is 13.0 Å². The molecule has 2 aromatic carbocycles. The van der Waals surface area contributed by atoms with Gasteiger partial charge >= 0.3 is 11.9 Å². The molecular weight excluding hydrogens is 596 g/mol. The van der Waals surface area contributed by atoms with Gasteiger partial charge in [-0.15, -0.1) is 0 Å². The molecule has 0 radical (unpaired) electrons. The average molecular weight is 635 g/mol. The Morgan fingerprint density at radius 2 is 1.68 bits per heavy atom. The smallest absolute Gasteiger partial charge is 0.364 e. The summed E-state index contributed by atoms with van der Waals surface area (Å²) >= 11 is 1.34. The number of benzene rings is 2. The largest absolute Gasteiger partial charge is 0.481 e. The van der Waals surface area contributed by atoms with Gasteiger partial charge in [-0.3, -0.25) is 14.4 Å². The quantitative estimate of drug-likeness (QED) is 0.128. The van der Waals surface area contributed by atoms with Crippen LogP contribution in [-0.4, -0.2) is 110 Å². The van der Waals surface area contributed by atoms with Crippen LogP contribution in [0.4, 0.5) is 0 Å². The number of carbonyl (C=O) groups excluding carboxylic acids is 2. The minimum absolute atomic E-state index is 0.0205. The molecule has 0 aliphatic carbocycles. The number of aliphatic hydroxyl groups is 3. The number of carbonyl (C=O) groups is 4. The van der Waals surface area contributed by atoms with Gasteiger partial charge in [0, 0.05) is 31.2 Å². The first-order valence-corrected chi connectivity index (χ1v) is 15.2. The highest BCUT2D eigenvalue weighted by atomic mass is 32.2. The van der Waals surface area contributed by atoms with Crippen LogP contribution in [0.1, 0.15) is 36.5 Å². The van der Waals surface area contributed by atoms with Crippen molar-refractivity contribution in [1.82, 2.24) is 10.6 Å². The Bertz CT molecular complexity index is 1260. The highest BCUT2D eigenvalue weighted by molar-refractivity contribution is 7.99. The predicted octanol–water partition coefficient (Wildman–Crippen LogP) is 0.855. The molecule has 2 aromatic rings. The van der Waals surface area contributed by atoms with Crippen LogP contribution in [0, 0.1) is 0 Å². The maximum Gasteiger partial charge on any atom is 0.364 e. The van der Waals surface area contributed by atoms with Crippen LogP contribution in [0.15, 0.2) is 54.6 Å². The lowest BCUT2D eigenvalue weighted by Gasteiger charge is -2.46. The molecule has 0 saturated carbocycles. The Labute approximate surface area is 258 Å². The van der Waals surface area contributed by atoms with Crippen LogP contribution in [0.5, 0.6) is 0 Å². The van der Waals surface area contributed by atoms with Crippen molar-refractivity contribution in [3.05, 3.63) is 60.2 Å². The lowest BCUT2D eigenvalue weighted by molar-refractivity contribution is -0.310. The molecule has 7 N–H and O–H groups in total. The first kappa shape index (κ1) is 35.0. The molecule has 0 spiro atoms. The number of thioether (sulfide) groups is 1. The summed E-state index contributed by atoms with van der Waals surface area (Å²) in [6.45, 7) is 0.569. The summed E-state index contributed by atoms with van der Waals surface area (Å²) < 4.78 is 11.3. The Morgan fingerprint density at radius 1 is 1.02 bits per heavy atom. The van der Waals surface area contributed by atoms with Crippen molar-refractivity contribution >= 4 is 35.5 Å². The number of hydrogen-bond acceptors (Lipinski definition) is 10. The Morgan fingerprint density at radius 3 is 2.30 bits per heavy atom. The number of ether oxygens (including phenoxy) is 2. The van der Waals surface area contributed by atoms with Crippen LogP contribution in [0.2, 0.25) is 0 Å². The van der Waals surface area contributed by atoms with Crippen molar-refractivity contribution < 1.29 is 54.2 Å². The number of rotatable bonds is 16. The summed E-state index contributed by atoms with van der Waals surface area (Å²) in [6, 6.07) is 15.0. The van der Waals surface area contributed by atoms with E-state index in [9.17, 15) is 39.6 Å². The fourth-order valence-electron chi connectivity index (χ4n) is 4.69. The van der Waals surface area contributed by atoms with Crippen molar-refractivity contribution in [2.24, 2.45) is 0 Å². The minimum Gasteiger partial charge on any atom is -0.481 e. The first-order chi connectivity index (χ1) is 20.9. The predicted molar refractivity (Wildman–Crippen MR) is 160 cm³/mol. The fraction of sp³-hybridized carbons (Fsp3) is 0.467. The number of carboxylic acids is 2. The molecule has 44 heavy (non-hydrogen) atoms. The van der Waals surface area contributed by atoms with E-state index in [0.29, 0.717) is 23.5 Å². The fourth-order valence-corrected chi connectivity index (χ4v) is 5.54. The normalized spacial score (nSPS) is 22.9. The van der Waals surface area contributed by atoms with Crippen molar-refractivity contribution in [1.29, 1.82) is 0 Å². The van der Waals surface area contributed by atoms with Gasteiger partial charge in [-0.25, -0.2) is 4.79 Å². The van der Waals surface area contributed by atoms with Crippen LogP contribution in [0.25, 0.3) is 11.1 Å². The zero-order valence-electron chi connectivity index (χ0n) is 24.1. The van der Waals surface area contributed by atoms with Crippen LogP contribution >= 0.6 is 11.8 Å². The average Bonchev–Trinajstić information content (AvgIpc) is 3.00. The van der Waals surface area contributed by atoms with E-state index in [1.165, 1.54) is 11.8 Å². The van der Waals surface area contributed by atoms with Gasteiger partial charge in [-0.1, -0.05) is 42.5 Å². The highest BCUT2D eigenvalue weighted by Crippen LogP contribution is 2.34. The van der Waals surface area contributed by atoms with Crippen molar-refractivity contribution in [2.75, 3.05) is 24.7 Å². The summed E-state index contributed by atoms with van der Waals surface area (Å²) in [7, 11) is 0. The minimum atomic E-state index is -2.41. The zero-order valence-corrected chi connectivity index (χ0v) is 24.9. The summed E-state index contributed by atoms with van der Waals surface area (Å²) in [5, 5.41) is 56.3. The molecule has 6 atom stereocenters. The topological polar surface area (TPSA) is 212 Å². The van der Waals surface area contributed by atoms with Crippen molar-refractivity contribution in [3.8, 4) is 11.1 Å². The number of carboxylic acid groups (broad SMARTS) is 2. The summed E-state index contributed by atoms with van der Waals surface area (Å²) in [4.78, 5) is 47.5. The highest BCUT2D eigenvalue weighted by Gasteiger charge is 2.55. The molecule has 14 heteroatoms. The Hall–Kier alpha value is -3.53. The number of aliphatic hydroxyl groups excluding tert-OH is 3. The lowest BCUT2D eigenvalue weighted by Crippen LogP contribution is -2.68. The van der Waals surface area contributed by atoms with E-state index in [0.717, 1.165) is 18.1 Å². The van der Waals surface area contributed by atoms with Gasteiger partial charge in [0.1, 0.15) is 12.2 Å². The maximum atomic E-state index is 12.7. The van der Waals surface area contributed by atoms with Gasteiger partial charge in [-0.05, 0) is 35.4 Å². The second-order valence-corrected chi connectivity index (χ2v) is 11.5. The molecule has 1 aliphatic heterocycles. The van der Waals surface area contributed by atoms with Gasteiger partial charge in [0.2, 0.25) is 5.91 Å². The van der Waals surface area contributed by atoms with Crippen molar-refractivity contribution in [3.63, 3.8) is 0 Å². The standard InChI is InChI=1S/C30H38N2O11S/c1-18(33)32-25-22(34)16-30(29(40)41,42-13-5-14-44-15-12-24(36)37)43-27(25)26(38)23(35)17-31-28(39)21-10-8-20(9-11-21)19-6-3-2-4-7-19/h2-4,6-11,22-23,25-27,34-35,38H,5,12-17H2,1H3,(H,31,39)(H,32,33)(H,36,37)(H,40,41)/t22?,23-,25-,26-,27-,30-/m1/s1. The van der Waals surface area contributed by atoms with Gasteiger partial charge in [0.25, 0.3) is 11.7 Å². The van der Waals surface area contributed by atoms with E-state index >= 15 is 0 Å². The lowest BCUT2D eigenvalue weighted by atomic mass is 9.88. The van der Waals surface area contributed by atoms with E-state index in [1.807, 2.05) is 30.3 Å². The molecule has 3 rings (SSSR count). The van der Waals surface area contributed by atoms with Gasteiger partial charge in [0.15, 0.2) is 0 Å². The summed E-state index contributed by atoms with van der Waals surface area (Å²) in [5.41, 5.74) is 2.17. The number of hydrogen-bond donors (Lipinski definition) is 7. The SMILES string of the molecule is CC(=O)N[C@@H]1C(O)C[C@](OCCCSCCC(=O)O)(C(=O)O)O[C@H]1[C@H](O)[C@H](O)CNC(=O)c1ccc(-c2ccccc2)cc1. The zero-order chi connectivity index (χ0) is 32.3. The number of amides is 2. The van der Waals surface area contributed by atoms with Crippen LogP contribution < -0.4 is 10.6 Å². The molecule has 1 heterocycles. The second kappa shape index (κ2) is 16.5. The van der Waals surface area contributed by atoms with E-state index < -0.39 is 73.0 Å². The van der Waals surface area contributed by atoms with Crippen LogP contribution in [0.3, 0.4) is 0 Å². The molecular formula is C30H38N2O11S. The molecule has 240 valence electrons. The van der Waals surface area contributed by atoms with Gasteiger partial charge in [0.05, 0.1) is 31.3 Å². The van der Waals surface area contributed by atoms with E-state index in [1.54, 1.807) is 24.3 Å². The van der Waals surface area contributed by atoms with Gasteiger partial charge < -0.3 is 45.6 Å². The van der Waals surface area contributed by atoms with E-state index in [4.69, 9.17) is 14.6 Å².